The highest BCUT2D eigenvalue weighted by Crippen LogP contribution is 2.29. The van der Waals surface area contributed by atoms with E-state index in [0.717, 1.165) is 17.5 Å². The SMILES string of the molecule is CC(C)(C)c1ccc(-c2nnc(-c3ccc(C4C=CC=CC4)cc3)o2)cc1. The summed E-state index contributed by atoms with van der Waals surface area (Å²) < 4.78 is 5.92. The minimum atomic E-state index is 0.129. The highest BCUT2D eigenvalue weighted by Gasteiger charge is 2.15. The fourth-order valence-corrected chi connectivity index (χ4v) is 3.27. The maximum atomic E-state index is 5.92. The van der Waals surface area contributed by atoms with E-state index >= 15 is 0 Å². The molecule has 3 heteroatoms. The third kappa shape index (κ3) is 3.77. The Hall–Kier alpha value is -2.94. The van der Waals surface area contributed by atoms with Gasteiger partial charge in [0, 0.05) is 17.0 Å². The zero-order chi connectivity index (χ0) is 18.9. The Morgan fingerprint density at radius 3 is 1.93 bits per heavy atom. The molecule has 0 spiro atoms. The predicted octanol–water partition coefficient (Wildman–Crippen LogP) is 6.30. The maximum Gasteiger partial charge on any atom is 0.248 e. The molecule has 1 aromatic heterocycles. The van der Waals surface area contributed by atoms with E-state index < -0.39 is 0 Å². The Labute approximate surface area is 160 Å². The topological polar surface area (TPSA) is 38.9 Å². The molecule has 0 amide bonds. The summed E-state index contributed by atoms with van der Waals surface area (Å²) in [5, 5.41) is 8.46. The van der Waals surface area contributed by atoms with E-state index in [1.807, 2.05) is 12.1 Å². The number of hydrogen-bond donors (Lipinski definition) is 0. The quantitative estimate of drug-likeness (QED) is 0.553. The van der Waals surface area contributed by atoms with Crippen LogP contribution in [0.2, 0.25) is 0 Å². The van der Waals surface area contributed by atoms with Crippen molar-refractivity contribution >= 4 is 0 Å². The van der Waals surface area contributed by atoms with Crippen LogP contribution in [0.15, 0.2) is 77.3 Å². The van der Waals surface area contributed by atoms with Gasteiger partial charge in [-0.2, -0.15) is 0 Å². The molecule has 1 aliphatic rings. The van der Waals surface area contributed by atoms with Crippen LogP contribution in [0.4, 0.5) is 0 Å². The molecule has 0 saturated carbocycles. The second-order valence-corrected chi connectivity index (χ2v) is 8.02. The molecule has 2 aromatic carbocycles. The van der Waals surface area contributed by atoms with Gasteiger partial charge in [-0.15, -0.1) is 10.2 Å². The first-order valence-electron chi connectivity index (χ1n) is 9.39. The molecule has 0 aliphatic heterocycles. The molecule has 27 heavy (non-hydrogen) atoms. The maximum absolute atomic E-state index is 5.92. The fourth-order valence-electron chi connectivity index (χ4n) is 3.27. The molecule has 0 saturated heterocycles. The molecule has 0 fully saturated rings. The van der Waals surface area contributed by atoms with Crippen molar-refractivity contribution in [1.29, 1.82) is 0 Å². The molecular formula is C24H24N2O. The third-order valence-electron chi connectivity index (χ3n) is 4.99. The molecule has 0 radical (unpaired) electrons. The molecule has 1 unspecified atom stereocenters. The molecular weight excluding hydrogens is 332 g/mol. The van der Waals surface area contributed by atoms with Gasteiger partial charge in [0.25, 0.3) is 0 Å². The minimum absolute atomic E-state index is 0.129. The van der Waals surface area contributed by atoms with E-state index in [1.54, 1.807) is 0 Å². The number of nitrogens with zero attached hydrogens (tertiary/aromatic N) is 2. The lowest BCUT2D eigenvalue weighted by Crippen LogP contribution is -2.10. The van der Waals surface area contributed by atoms with Crippen molar-refractivity contribution in [1.82, 2.24) is 10.2 Å². The van der Waals surface area contributed by atoms with Gasteiger partial charge in [-0.25, -0.2) is 0 Å². The van der Waals surface area contributed by atoms with Crippen molar-refractivity contribution in [2.45, 2.75) is 38.5 Å². The Morgan fingerprint density at radius 1 is 0.815 bits per heavy atom. The predicted molar refractivity (Wildman–Crippen MR) is 110 cm³/mol. The van der Waals surface area contributed by atoms with Gasteiger partial charge in [-0.1, -0.05) is 69.3 Å². The first-order valence-corrected chi connectivity index (χ1v) is 9.39. The van der Waals surface area contributed by atoms with Gasteiger partial charge < -0.3 is 4.42 Å². The lowest BCUT2D eigenvalue weighted by atomic mass is 9.87. The first kappa shape index (κ1) is 17.5. The monoisotopic (exact) mass is 356 g/mol. The van der Waals surface area contributed by atoms with Crippen LogP contribution in [-0.2, 0) is 5.41 Å². The van der Waals surface area contributed by atoms with Gasteiger partial charge in [0.15, 0.2) is 0 Å². The van der Waals surface area contributed by atoms with Crippen LogP contribution in [0, 0.1) is 0 Å². The van der Waals surface area contributed by atoms with Crippen LogP contribution in [0.1, 0.15) is 44.2 Å². The Morgan fingerprint density at radius 2 is 1.41 bits per heavy atom. The molecule has 0 N–H and O–H groups in total. The molecule has 136 valence electrons. The summed E-state index contributed by atoms with van der Waals surface area (Å²) in [4.78, 5) is 0. The number of benzene rings is 2. The van der Waals surface area contributed by atoms with E-state index in [1.165, 1.54) is 11.1 Å². The van der Waals surface area contributed by atoms with Gasteiger partial charge in [-0.3, -0.25) is 0 Å². The number of rotatable bonds is 3. The van der Waals surface area contributed by atoms with Crippen molar-refractivity contribution in [2.75, 3.05) is 0 Å². The van der Waals surface area contributed by atoms with Gasteiger partial charge in [0.2, 0.25) is 11.8 Å². The summed E-state index contributed by atoms with van der Waals surface area (Å²) in [6, 6.07) is 16.7. The highest BCUT2D eigenvalue weighted by molar-refractivity contribution is 5.58. The molecule has 4 rings (SSSR count). The molecule has 0 bridgehead atoms. The summed E-state index contributed by atoms with van der Waals surface area (Å²) in [5.74, 6) is 1.55. The minimum Gasteiger partial charge on any atom is -0.416 e. The zero-order valence-corrected chi connectivity index (χ0v) is 16.0. The molecule has 1 atom stereocenters. The lowest BCUT2D eigenvalue weighted by Gasteiger charge is -2.18. The first-order chi connectivity index (χ1) is 13.0. The summed E-state index contributed by atoms with van der Waals surface area (Å²) >= 11 is 0. The summed E-state index contributed by atoms with van der Waals surface area (Å²) in [6.45, 7) is 6.61. The lowest BCUT2D eigenvalue weighted by molar-refractivity contribution is 0.582. The van der Waals surface area contributed by atoms with E-state index in [9.17, 15) is 0 Å². The molecule has 3 nitrogen and oxygen atoms in total. The molecule has 1 heterocycles. The third-order valence-corrected chi connectivity index (χ3v) is 4.99. The van der Waals surface area contributed by atoms with Crippen LogP contribution in [0.5, 0.6) is 0 Å². The zero-order valence-electron chi connectivity index (χ0n) is 16.0. The van der Waals surface area contributed by atoms with E-state index in [4.69, 9.17) is 4.42 Å². The number of aromatic nitrogens is 2. The second kappa shape index (κ2) is 6.99. The molecule has 1 aliphatic carbocycles. The van der Waals surface area contributed by atoms with Gasteiger partial charge >= 0.3 is 0 Å². The van der Waals surface area contributed by atoms with Gasteiger partial charge in [0.1, 0.15) is 0 Å². The van der Waals surface area contributed by atoms with Crippen LogP contribution in [0.3, 0.4) is 0 Å². The van der Waals surface area contributed by atoms with Crippen molar-refractivity contribution < 1.29 is 4.42 Å². The summed E-state index contributed by atoms with van der Waals surface area (Å²) in [7, 11) is 0. The van der Waals surface area contributed by atoms with Crippen molar-refractivity contribution in [3.8, 4) is 22.9 Å². The van der Waals surface area contributed by atoms with Crippen LogP contribution in [0.25, 0.3) is 22.9 Å². The van der Waals surface area contributed by atoms with Crippen LogP contribution >= 0.6 is 0 Å². The normalized spacial score (nSPS) is 16.6. The second-order valence-electron chi connectivity index (χ2n) is 8.02. The largest absolute Gasteiger partial charge is 0.416 e. The van der Waals surface area contributed by atoms with E-state index in [0.29, 0.717) is 17.7 Å². The van der Waals surface area contributed by atoms with Crippen LogP contribution in [-0.4, -0.2) is 10.2 Å². The average Bonchev–Trinajstić information content (AvgIpc) is 3.18. The van der Waals surface area contributed by atoms with Crippen molar-refractivity contribution in [3.05, 3.63) is 84.0 Å². The van der Waals surface area contributed by atoms with Crippen LogP contribution < -0.4 is 0 Å². The number of allylic oxidation sites excluding steroid dienone is 4. The standard InChI is InChI=1S/C24H24N2O/c1-24(2,3)21-15-13-20(14-16-21)23-26-25-22(27-23)19-11-9-18(10-12-19)17-7-5-4-6-8-17/h4-7,9-17H,8H2,1-3H3. The molecule has 3 aromatic rings. The van der Waals surface area contributed by atoms with Gasteiger partial charge in [0.05, 0.1) is 0 Å². The smallest absolute Gasteiger partial charge is 0.248 e. The average molecular weight is 356 g/mol. The summed E-state index contributed by atoms with van der Waals surface area (Å²) in [6.07, 6.45) is 9.69. The Balaban J connectivity index is 1.54. The van der Waals surface area contributed by atoms with E-state index in [-0.39, 0.29) is 5.41 Å². The van der Waals surface area contributed by atoms with E-state index in [2.05, 4.69) is 91.7 Å². The highest BCUT2D eigenvalue weighted by atomic mass is 16.4. The van der Waals surface area contributed by atoms with Crippen molar-refractivity contribution in [2.24, 2.45) is 0 Å². The Bertz CT molecular complexity index is 970. The van der Waals surface area contributed by atoms with Crippen molar-refractivity contribution in [3.63, 3.8) is 0 Å². The Kier molecular flexibility index (Phi) is 4.53. The number of hydrogen-bond acceptors (Lipinski definition) is 3. The fraction of sp³-hybridized carbons (Fsp3) is 0.250. The summed E-state index contributed by atoms with van der Waals surface area (Å²) in [5.41, 5.74) is 4.60. The van der Waals surface area contributed by atoms with Gasteiger partial charge in [-0.05, 0) is 47.2 Å².